The van der Waals surface area contributed by atoms with Crippen molar-refractivity contribution in [1.29, 1.82) is 0 Å². The molecular formula is C20H23N3O4. The standard InChI is InChI=1S/C20H23N3O4/c1-27-15-8-6-14(7-9-15)22-11-10-16(21-22)19(24)23-17-5-3-2-4-13(17)12-18(23)20(25)26/h6-11,13,17-18H,2-5,12H2,1H3,(H,25,26)/t13-,17-,18+/m1/s1. The van der Waals surface area contributed by atoms with Crippen LogP contribution in [0.1, 0.15) is 42.6 Å². The van der Waals surface area contributed by atoms with Gasteiger partial charge in [-0.1, -0.05) is 12.8 Å². The number of ether oxygens (including phenoxy) is 1. The van der Waals surface area contributed by atoms with Crippen LogP contribution in [0.4, 0.5) is 0 Å². The summed E-state index contributed by atoms with van der Waals surface area (Å²) in [6.45, 7) is 0. The molecule has 0 spiro atoms. The van der Waals surface area contributed by atoms with Gasteiger partial charge in [-0.15, -0.1) is 0 Å². The fourth-order valence-corrected chi connectivity index (χ4v) is 4.42. The quantitative estimate of drug-likeness (QED) is 0.896. The molecule has 1 aromatic carbocycles. The third kappa shape index (κ3) is 3.18. The fourth-order valence-electron chi connectivity index (χ4n) is 4.42. The molecule has 1 saturated carbocycles. The minimum Gasteiger partial charge on any atom is -0.497 e. The van der Waals surface area contributed by atoms with Gasteiger partial charge in [0.2, 0.25) is 0 Å². The lowest BCUT2D eigenvalue weighted by Crippen LogP contribution is -2.46. The van der Waals surface area contributed by atoms with E-state index in [2.05, 4.69) is 5.10 Å². The molecule has 1 aliphatic heterocycles. The van der Waals surface area contributed by atoms with Crippen LogP contribution in [0.3, 0.4) is 0 Å². The second-order valence-electron chi connectivity index (χ2n) is 7.26. The Morgan fingerprint density at radius 3 is 2.59 bits per heavy atom. The van der Waals surface area contributed by atoms with Crippen LogP contribution in [0, 0.1) is 5.92 Å². The van der Waals surface area contributed by atoms with E-state index in [-0.39, 0.29) is 23.6 Å². The number of aliphatic carboxylic acids is 1. The van der Waals surface area contributed by atoms with Crippen molar-refractivity contribution in [2.75, 3.05) is 7.11 Å². The molecule has 1 aliphatic carbocycles. The Morgan fingerprint density at radius 1 is 1.15 bits per heavy atom. The highest BCUT2D eigenvalue weighted by molar-refractivity contribution is 5.95. The summed E-state index contributed by atoms with van der Waals surface area (Å²) in [7, 11) is 1.60. The highest BCUT2D eigenvalue weighted by Gasteiger charge is 2.48. The van der Waals surface area contributed by atoms with Crippen LogP contribution >= 0.6 is 0 Å². The lowest BCUT2D eigenvalue weighted by atomic mass is 9.84. The van der Waals surface area contributed by atoms with Gasteiger partial charge in [0.05, 0.1) is 12.8 Å². The number of hydrogen-bond acceptors (Lipinski definition) is 4. The highest BCUT2D eigenvalue weighted by Crippen LogP contribution is 2.40. The SMILES string of the molecule is COc1ccc(-n2ccc(C(=O)N3[C@@H]4CCCC[C@@H]4C[C@H]3C(=O)O)n2)cc1. The van der Waals surface area contributed by atoms with Crippen LogP contribution in [-0.2, 0) is 4.79 Å². The second kappa shape index (κ2) is 7.06. The minimum absolute atomic E-state index is 0.0125. The number of amides is 1. The van der Waals surface area contributed by atoms with Crippen LogP contribution in [0.25, 0.3) is 5.69 Å². The number of rotatable bonds is 4. The van der Waals surface area contributed by atoms with E-state index in [1.165, 1.54) is 0 Å². The van der Waals surface area contributed by atoms with Crippen molar-refractivity contribution in [1.82, 2.24) is 14.7 Å². The van der Waals surface area contributed by atoms with Crippen LogP contribution in [0.2, 0.25) is 0 Å². The van der Waals surface area contributed by atoms with E-state index in [4.69, 9.17) is 4.74 Å². The fraction of sp³-hybridized carbons (Fsp3) is 0.450. The van der Waals surface area contributed by atoms with Gasteiger partial charge in [-0.3, -0.25) is 4.79 Å². The van der Waals surface area contributed by atoms with Crippen molar-refractivity contribution in [2.24, 2.45) is 5.92 Å². The summed E-state index contributed by atoms with van der Waals surface area (Å²) >= 11 is 0. The Bertz CT molecular complexity index is 845. The van der Waals surface area contributed by atoms with Crippen molar-refractivity contribution in [2.45, 2.75) is 44.2 Å². The van der Waals surface area contributed by atoms with E-state index in [0.717, 1.165) is 37.1 Å². The molecule has 7 heteroatoms. The average molecular weight is 369 g/mol. The average Bonchev–Trinajstić information content (AvgIpc) is 3.33. The van der Waals surface area contributed by atoms with Crippen molar-refractivity contribution < 1.29 is 19.4 Å². The Kier molecular flexibility index (Phi) is 4.59. The molecule has 142 valence electrons. The number of likely N-dealkylation sites (tertiary alicyclic amines) is 1. The molecule has 0 radical (unpaired) electrons. The summed E-state index contributed by atoms with van der Waals surface area (Å²) in [6, 6.07) is 8.27. The normalized spacial score (nSPS) is 24.5. The molecule has 1 saturated heterocycles. The van der Waals surface area contributed by atoms with Crippen molar-refractivity contribution in [3.05, 3.63) is 42.2 Å². The van der Waals surface area contributed by atoms with Crippen LogP contribution < -0.4 is 4.74 Å². The molecule has 2 aromatic rings. The Hall–Kier alpha value is -2.83. The van der Waals surface area contributed by atoms with Gasteiger partial charge in [-0.2, -0.15) is 5.10 Å². The number of hydrogen-bond donors (Lipinski definition) is 1. The van der Waals surface area contributed by atoms with E-state index < -0.39 is 12.0 Å². The molecule has 27 heavy (non-hydrogen) atoms. The highest BCUT2D eigenvalue weighted by atomic mass is 16.5. The number of aromatic nitrogens is 2. The van der Waals surface area contributed by atoms with E-state index in [1.807, 2.05) is 24.3 Å². The number of benzene rings is 1. The summed E-state index contributed by atoms with van der Waals surface area (Å²) in [5, 5.41) is 14.0. The Morgan fingerprint density at radius 2 is 1.89 bits per heavy atom. The molecule has 7 nitrogen and oxygen atoms in total. The number of nitrogens with zero attached hydrogens (tertiary/aromatic N) is 3. The van der Waals surface area contributed by atoms with Gasteiger partial charge in [0.25, 0.3) is 5.91 Å². The summed E-state index contributed by atoms with van der Waals surface area (Å²) in [6.07, 6.45) is 6.29. The van der Waals surface area contributed by atoms with Crippen molar-refractivity contribution in [3.8, 4) is 11.4 Å². The van der Waals surface area contributed by atoms with E-state index in [9.17, 15) is 14.7 Å². The van der Waals surface area contributed by atoms with Gasteiger partial charge in [0.1, 0.15) is 11.8 Å². The van der Waals surface area contributed by atoms with Gasteiger partial charge in [0, 0.05) is 12.2 Å². The Labute approximate surface area is 157 Å². The first kappa shape index (κ1) is 17.6. The monoisotopic (exact) mass is 369 g/mol. The molecule has 0 unspecified atom stereocenters. The first-order valence-electron chi connectivity index (χ1n) is 9.34. The first-order chi connectivity index (χ1) is 13.1. The minimum atomic E-state index is -0.924. The summed E-state index contributed by atoms with van der Waals surface area (Å²) in [5.74, 6) is -0.184. The molecule has 3 atom stereocenters. The molecule has 0 bridgehead atoms. The van der Waals surface area contributed by atoms with Crippen LogP contribution in [0.15, 0.2) is 36.5 Å². The largest absolute Gasteiger partial charge is 0.497 e. The predicted molar refractivity (Wildman–Crippen MR) is 98.1 cm³/mol. The zero-order chi connectivity index (χ0) is 19.0. The number of carboxylic acid groups (broad SMARTS) is 1. The van der Waals surface area contributed by atoms with Crippen molar-refractivity contribution in [3.63, 3.8) is 0 Å². The van der Waals surface area contributed by atoms with Crippen LogP contribution in [-0.4, -0.2) is 50.9 Å². The van der Waals surface area contributed by atoms with Gasteiger partial charge in [-0.25, -0.2) is 9.48 Å². The van der Waals surface area contributed by atoms with E-state index in [0.29, 0.717) is 6.42 Å². The molecule has 1 N–H and O–H groups in total. The maximum absolute atomic E-state index is 13.1. The van der Waals surface area contributed by atoms with Gasteiger partial charge >= 0.3 is 5.97 Å². The third-order valence-corrected chi connectivity index (χ3v) is 5.75. The summed E-state index contributed by atoms with van der Waals surface area (Å²) in [5.41, 5.74) is 1.09. The van der Waals surface area contributed by atoms with Gasteiger partial charge in [-0.05, 0) is 55.5 Å². The van der Waals surface area contributed by atoms with E-state index in [1.54, 1.807) is 29.0 Å². The topological polar surface area (TPSA) is 84.7 Å². The second-order valence-corrected chi connectivity index (χ2v) is 7.26. The lowest BCUT2D eigenvalue weighted by molar-refractivity contribution is -0.141. The predicted octanol–water partition coefficient (Wildman–Crippen LogP) is 2.74. The molecule has 4 rings (SSSR count). The lowest BCUT2D eigenvalue weighted by Gasteiger charge is -2.32. The van der Waals surface area contributed by atoms with Crippen LogP contribution in [0.5, 0.6) is 5.75 Å². The molecule has 2 aliphatic rings. The zero-order valence-corrected chi connectivity index (χ0v) is 15.2. The number of carbonyl (C=O) groups is 2. The molecule has 2 fully saturated rings. The number of carboxylic acids is 1. The molecule has 1 amide bonds. The van der Waals surface area contributed by atoms with Crippen molar-refractivity contribution >= 4 is 11.9 Å². The third-order valence-electron chi connectivity index (χ3n) is 5.75. The van der Waals surface area contributed by atoms with Gasteiger partial charge < -0.3 is 14.7 Å². The maximum atomic E-state index is 13.1. The maximum Gasteiger partial charge on any atom is 0.326 e. The smallest absolute Gasteiger partial charge is 0.326 e. The summed E-state index contributed by atoms with van der Waals surface area (Å²) in [4.78, 5) is 26.5. The number of fused-ring (bicyclic) bond motifs is 1. The zero-order valence-electron chi connectivity index (χ0n) is 15.2. The van der Waals surface area contributed by atoms with E-state index >= 15 is 0 Å². The first-order valence-corrected chi connectivity index (χ1v) is 9.34. The summed E-state index contributed by atoms with van der Waals surface area (Å²) < 4.78 is 6.78. The molecule has 1 aromatic heterocycles. The Balaban J connectivity index is 1.59. The number of methoxy groups -OCH3 is 1. The number of carbonyl (C=O) groups excluding carboxylic acids is 1. The molecular weight excluding hydrogens is 346 g/mol. The van der Waals surface area contributed by atoms with Gasteiger partial charge in [0.15, 0.2) is 5.69 Å². The molecule has 2 heterocycles.